The lowest BCUT2D eigenvalue weighted by atomic mass is 9.98. The van der Waals surface area contributed by atoms with Gasteiger partial charge in [-0.05, 0) is 30.9 Å². The summed E-state index contributed by atoms with van der Waals surface area (Å²) >= 11 is 0. The average molecular weight is 288 g/mol. The number of hydrogen-bond donors (Lipinski definition) is 1. The molecule has 1 aromatic heterocycles. The molecule has 1 aromatic carbocycles. The summed E-state index contributed by atoms with van der Waals surface area (Å²) in [4.78, 5) is 4.38. The fourth-order valence-electron chi connectivity index (χ4n) is 2.96. The third-order valence-electron chi connectivity index (χ3n) is 4.14. The Morgan fingerprint density at radius 1 is 1.33 bits per heavy atom. The molecule has 1 N–H and O–H groups in total. The molecule has 1 heterocycles. The second-order valence-electron chi connectivity index (χ2n) is 5.53. The van der Waals surface area contributed by atoms with Crippen molar-refractivity contribution in [1.29, 1.82) is 0 Å². The highest BCUT2D eigenvalue weighted by Crippen LogP contribution is 2.30. The third-order valence-corrected chi connectivity index (χ3v) is 4.14. The summed E-state index contributed by atoms with van der Waals surface area (Å²) in [5.74, 6) is 2.06. The van der Waals surface area contributed by atoms with E-state index in [2.05, 4.69) is 10.1 Å². The average Bonchev–Trinajstić information content (AvgIpc) is 3.18. The lowest BCUT2D eigenvalue weighted by Gasteiger charge is -2.14. The van der Waals surface area contributed by atoms with Gasteiger partial charge in [-0.2, -0.15) is 4.98 Å². The van der Waals surface area contributed by atoms with Crippen LogP contribution >= 0.6 is 0 Å². The molecule has 0 amide bonds. The summed E-state index contributed by atoms with van der Waals surface area (Å²) in [6.07, 6.45) is 4.63. The Balaban J connectivity index is 1.74. The van der Waals surface area contributed by atoms with Gasteiger partial charge >= 0.3 is 0 Å². The van der Waals surface area contributed by atoms with Gasteiger partial charge in [0.15, 0.2) is 0 Å². The van der Waals surface area contributed by atoms with Crippen molar-refractivity contribution in [3.63, 3.8) is 0 Å². The van der Waals surface area contributed by atoms with E-state index in [1.807, 2.05) is 24.3 Å². The maximum Gasteiger partial charge on any atom is 0.229 e. The van der Waals surface area contributed by atoms with Crippen molar-refractivity contribution in [3.05, 3.63) is 30.2 Å². The Hall–Kier alpha value is -1.88. The molecule has 1 fully saturated rings. The zero-order valence-electron chi connectivity index (χ0n) is 12.2. The van der Waals surface area contributed by atoms with E-state index in [4.69, 9.17) is 9.26 Å². The number of rotatable bonds is 5. The zero-order chi connectivity index (χ0) is 14.7. The summed E-state index contributed by atoms with van der Waals surface area (Å²) in [6.45, 7) is 0. The molecule has 0 radical (unpaired) electrons. The SMILES string of the molecule is COc1ccccc1-c1noc(CC(O)C2CCCC2)n1. The molecule has 0 spiro atoms. The van der Waals surface area contributed by atoms with Crippen LogP contribution in [0.15, 0.2) is 28.8 Å². The summed E-state index contributed by atoms with van der Waals surface area (Å²) in [7, 11) is 1.61. The van der Waals surface area contributed by atoms with E-state index in [9.17, 15) is 5.11 Å². The molecule has 1 atom stereocenters. The van der Waals surface area contributed by atoms with Crippen molar-refractivity contribution < 1.29 is 14.4 Å². The van der Waals surface area contributed by atoms with Crippen LogP contribution in [0.5, 0.6) is 5.75 Å². The molecule has 112 valence electrons. The number of hydrogen-bond acceptors (Lipinski definition) is 5. The highest BCUT2D eigenvalue weighted by atomic mass is 16.5. The third kappa shape index (κ3) is 3.08. The molecule has 0 saturated heterocycles. The van der Waals surface area contributed by atoms with Gasteiger partial charge in [0.05, 0.1) is 25.2 Å². The van der Waals surface area contributed by atoms with Crippen LogP contribution in [0.3, 0.4) is 0 Å². The van der Waals surface area contributed by atoms with Gasteiger partial charge in [0.1, 0.15) is 5.75 Å². The van der Waals surface area contributed by atoms with Gasteiger partial charge in [-0.25, -0.2) is 0 Å². The van der Waals surface area contributed by atoms with E-state index < -0.39 is 6.10 Å². The summed E-state index contributed by atoms with van der Waals surface area (Å²) in [6, 6.07) is 7.55. The highest BCUT2D eigenvalue weighted by Gasteiger charge is 2.25. The molecule has 5 heteroatoms. The molecule has 1 saturated carbocycles. The first kappa shape index (κ1) is 14.1. The lowest BCUT2D eigenvalue weighted by molar-refractivity contribution is 0.102. The summed E-state index contributed by atoms with van der Waals surface area (Å²) in [5.41, 5.74) is 0.797. The second kappa shape index (κ2) is 6.26. The van der Waals surface area contributed by atoms with Crippen LogP contribution in [-0.4, -0.2) is 28.5 Å². The molecule has 1 aliphatic rings. The van der Waals surface area contributed by atoms with Crippen LogP contribution in [0.2, 0.25) is 0 Å². The Morgan fingerprint density at radius 3 is 2.86 bits per heavy atom. The van der Waals surface area contributed by atoms with E-state index in [1.54, 1.807) is 7.11 Å². The van der Waals surface area contributed by atoms with Gasteiger partial charge in [-0.1, -0.05) is 30.1 Å². The first-order valence-electron chi connectivity index (χ1n) is 7.42. The van der Waals surface area contributed by atoms with E-state index >= 15 is 0 Å². The topological polar surface area (TPSA) is 68.4 Å². The molecule has 1 unspecified atom stereocenters. The maximum absolute atomic E-state index is 10.2. The number of para-hydroxylation sites is 1. The molecule has 0 aliphatic heterocycles. The number of aliphatic hydroxyl groups is 1. The normalized spacial score (nSPS) is 17.0. The minimum atomic E-state index is -0.390. The summed E-state index contributed by atoms with van der Waals surface area (Å²) < 4.78 is 10.6. The van der Waals surface area contributed by atoms with Crippen molar-refractivity contribution in [2.75, 3.05) is 7.11 Å². The van der Waals surface area contributed by atoms with E-state index in [0.717, 1.165) is 18.4 Å². The number of methoxy groups -OCH3 is 1. The van der Waals surface area contributed by atoms with Crippen LogP contribution in [-0.2, 0) is 6.42 Å². The van der Waals surface area contributed by atoms with E-state index in [0.29, 0.717) is 29.8 Å². The Bertz CT molecular complexity index is 591. The predicted octanol–water partition coefficient (Wildman–Crippen LogP) is 2.84. The predicted molar refractivity (Wildman–Crippen MR) is 78.0 cm³/mol. The molecule has 1 aliphatic carbocycles. The standard InChI is InChI=1S/C16H20N2O3/c1-20-14-9-5-4-8-12(14)16-17-15(21-18-16)10-13(19)11-6-2-3-7-11/h4-5,8-9,11,13,19H,2-3,6-7,10H2,1H3. The number of benzene rings is 1. The first-order chi connectivity index (χ1) is 10.3. The highest BCUT2D eigenvalue weighted by molar-refractivity contribution is 5.63. The van der Waals surface area contributed by atoms with Crippen LogP contribution in [0, 0.1) is 5.92 Å². The van der Waals surface area contributed by atoms with Gasteiger partial charge in [-0.15, -0.1) is 0 Å². The molecular weight excluding hydrogens is 268 g/mol. The maximum atomic E-state index is 10.2. The van der Waals surface area contributed by atoms with Crippen molar-refractivity contribution in [2.24, 2.45) is 5.92 Å². The van der Waals surface area contributed by atoms with Crippen LogP contribution in [0.1, 0.15) is 31.6 Å². The summed E-state index contributed by atoms with van der Waals surface area (Å²) in [5, 5.41) is 14.2. The smallest absolute Gasteiger partial charge is 0.229 e. The Labute approximate surface area is 123 Å². The largest absolute Gasteiger partial charge is 0.496 e. The van der Waals surface area contributed by atoms with Gasteiger partial charge in [-0.3, -0.25) is 0 Å². The molecule has 5 nitrogen and oxygen atoms in total. The Kier molecular flexibility index (Phi) is 4.20. The molecule has 3 rings (SSSR count). The first-order valence-corrected chi connectivity index (χ1v) is 7.42. The van der Waals surface area contributed by atoms with Crippen molar-refractivity contribution >= 4 is 0 Å². The molecular formula is C16H20N2O3. The van der Waals surface area contributed by atoms with Crippen molar-refractivity contribution in [2.45, 2.75) is 38.2 Å². The number of aromatic nitrogens is 2. The molecule has 0 bridgehead atoms. The number of aliphatic hydroxyl groups excluding tert-OH is 1. The fraction of sp³-hybridized carbons (Fsp3) is 0.500. The minimum Gasteiger partial charge on any atom is -0.496 e. The van der Waals surface area contributed by atoms with Crippen LogP contribution < -0.4 is 4.74 Å². The van der Waals surface area contributed by atoms with Crippen LogP contribution in [0.25, 0.3) is 11.4 Å². The molecule has 2 aromatic rings. The van der Waals surface area contributed by atoms with Crippen molar-refractivity contribution in [1.82, 2.24) is 10.1 Å². The lowest BCUT2D eigenvalue weighted by Crippen LogP contribution is -2.20. The monoisotopic (exact) mass is 288 g/mol. The zero-order valence-corrected chi connectivity index (χ0v) is 12.2. The fourth-order valence-corrected chi connectivity index (χ4v) is 2.96. The van der Waals surface area contributed by atoms with Gasteiger partial charge in [0.25, 0.3) is 0 Å². The molecule has 21 heavy (non-hydrogen) atoms. The Morgan fingerprint density at radius 2 is 2.10 bits per heavy atom. The van der Waals surface area contributed by atoms with Crippen LogP contribution in [0.4, 0.5) is 0 Å². The number of ether oxygens (including phenoxy) is 1. The number of nitrogens with zero attached hydrogens (tertiary/aromatic N) is 2. The van der Waals surface area contributed by atoms with Gasteiger partial charge in [0, 0.05) is 0 Å². The van der Waals surface area contributed by atoms with Crippen molar-refractivity contribution in [3.8, 4) is 17.1 Å². The van der Waals surface area contributed by atoms with Gasteiger partial charge < -0.3 is 14.4 Å². The van der Waals surface area contributed by atoms with Gasteiger partial charge in [0.2, 0.25) is 11.7 Å². The second-order valence-corrected chi connectivity index (χ2v) is 5.53. The minimum absolute atomic E-state index is 0.367. The van der Waals surface area contributed by atoms with E-state index in [1.165, 1.54) is 12.8 Å². The quantitative estimate of drug-likeness (QED) is 0.916. The van der Waals surface area contributed by atoms with E-state index in [-0.39, 0.29) is 0 Å².